The van der Waals surface area contributed by atoms with Crippen LogP contribution in [0, 0.1) is 0 Å². The van der Waals surface area contributed by atoms with Gasteiger partial charge in [0, 0.05) is 20.0 Å². The monoisotopic (exact) mass is 444 g/mol. The molecule has 0 saturated heterocycles. The summed E-state index contributed by atoms with van der Waals surface area (Å²) in [6.07, 6.45) is 6.39. The van der Waals surface area contributed by atoms with Crippen molar-refractivity contribution in [3.63, 3.8) is 0 Å². The molecule has 0 aliphatic rings. The summed E-state index contributed by atoms with van der Waals surface area (Å²) in [5.41, 5.74) is 0.888. The first-order valence-corrected chi connectivity index (χ1v) is 11.5. The molecule has 0 radical (unpaired) electrons. The lowest BCUT2D eigenvalue weighted by atomic mass is 10.1. The van der Waals surface area contributed by atoms with Gasteiger partial charge in [-0.25, -0.2) is 4.79 Å². The van der Waals surface area contributed by atoms with Gasteiger partial charge in [-0.2, -0.15) is 0 Å². The predicted octanol–water partition coefficient (Wildman–Crippen LogP) is 5.53. The number of hydrogen-bond donors (Lipinski definition) is 1. The summed E-state index contributed by atoms with van der Waals surface area (Å²) < 4.78 is 22.2. The molecule has 1 N–H and O–H groups in total. The Kier molecular flexibility index (Phi) is 12.1. The number of benzene rings is 2. The van der Waals surface area contributed by atoms with Gasteiger partial charge < -0.3 is 24.1 Å². The minimum absolute atomic E-state index is 0.322. The summed E-state index contributed by atoms with van der Waals surface area (Å²) >= 11 is 0. The van der Waals surface area contributed by atoms with E-state index in [-0.39, 0.29) is 0 Å². The van der Waals surface area contributed by atoms with E-state index in [0.29, 0.717) is 19.6 Å². The van der Waals surface area contributed by atoms with E-state index in [1.54, 1.807) is 0 Å². The number of carboxylic acid groups (broad SMARTS) is 1. The summed E-state index contributed by atoms with van der Waals surface area (Å²) in [5.74, 6) is 1.47. The van der Waals surface area contributed by atoms with Crippen LogP contribution in [0.1, 0.15) is 51.0 Å². The van der Waals surface area contributed by atoms with Crippen LogP contribution >= 0.6 is 0 Å². The Morgan fingerprint density at radius 2 is 1.22 bits per heavy atom. The molecule has 176 valence electrons. The smallest absolute Gasteiger partial charge is 0.333 e. The van der Waals surface area contributed by atoms with Crippen molar-refractivity contribution in [1.82, 2.24) is 0 Å². The highest BCUT2D eigenvalue weighted by Gasteiger charge is 2.16. The Balaban J connectivity index is 1.59. The Labute approximate surface area is 191 Å². The number of rotatable bonds is 17. The second kappa shape index (κ2) is 15.1. The predicted molar refractivity (Wildman–Crippen MR) is 125 cm³/mol. The molecule has 2 aromatic carbocycles. The fraction of sp³-hybridized carbons (Fsp3) is 0.500. The summed E-state index contributed by atoms with van der Waals surface area (Å²) in [5, 5.41) is 9.05. The number of carboxylic acids is 1. The molecule has 6 nitrogen and oxygen atoms in total. The van der Waals surface area contributed by atoms with Crippen molar-refractivity contribution in [2.24, 2.45) is 0 Å². The van der Waals surface area contributed by atoms with Gasteiger partial charge in [0.2, 0.25) is 0 Å². The number of ether oxygens (including phenoxy) is 4. The molecule has 0 fully saturated rings. The third-order valence-electron chi connectivity index (χ3n) is 5.07. The Hall–Kier alpha value is -2.73. The molecule has 0 aromatic heterocycles. The zero-order valence-electron chi connectivity index (χ0n) is 19.3. The van der Waals surface area contributed by atoms with E-state index in [4.69, 9.17) is 24.1 Å². The molecule has 0 bridgehead atoms. The summed E-state index contributed by atoms with van der Waals surface area (Å²) in [6, 6.07) is 15.1. The largest absolute Gasteiger partial charge is 0.494 e. The van der Waals surface area contributed by atoms with Crippen molar-refractivity contribution in [1.29, 1.82) is 0 Å². The number of hydrogen-bond acceptors (Lipinski definition) is 5. The van der Waals surface area contributed by atoms with Crippen molar-refractivity contribution in [3.8, 4) is 17.2 Å². The minimum Gasteiger partial charge on any atom is -0.494 e. The first kappa shape index (κ1) is 25.5. The van der Waals surface area contributed by atoms with Crippen LogP contribution in [-0.2, 0) is 16.0 Å². The molecule has 2 aromatic rings. The van der Waals surface area contributed by atoms with Crippen molar-refractivity contribution in [2.75, 3.05) is 26.9 Å². The highest BCUT2D eigenvalue weighted by atomic mass is 16.5. The molecule has 0 saturated carbocycles. The Morgan fingerprint density at radius 1 is 0.750 bits per heavy atom. The summed E-state index contributed by atoms with van der Waals surface area (Å²) in [6.45, 7) is 4.07. The van der Waals surface area contributed by atoms with Crippen LogP contribution in [0.4, 0.5) is 0 Å². The van der Waals surface area contributed by atoms with E-state index >= 15 is 0 Å². The average Bonchev–Trinajstić information content (AvgIpc) is 2.81. The maximum Gasteiger partial charge on any atom is 0.333 e. The van der Waals surface area contributed by atoms with Gasteiger partial charge >= 0.3 is 5.97 Å². The van der Waals surface area contributed by atoms with E-state index < -0.39 is 12.1 Å². The molecule has 0 amide bonds. The molecular weight excluding hydrogens is 408 g/mol. The first-order chi connectivity index (χ1) is 15.6. The fourth-order valence-electron chi connectivity index (χ4n) is 3.17. The SMILES string of the molecule is CCCCCCCOc1ccc(OCCCOc2ccc(C[C@H](OC)C(=O)O)cc2)cc1. The van der Waals surface area contributed by atoms with Crippen LogP contribution in [0.3, 0.4) is 0 Å². The maximum absolute atomic E-state index is 11.0. The van der Waals surface area contributed by atoms with E-state index in [2.05, 4.69) is 6.92 Å². The standard InChI is InChI=1S/C26H36O6/c1-3-4-5-6-7-17-30-23-13-15-24(16-14-23)32-19-8-18-31-22-11-9-21(10-12-22)20-25(29-2)26(27)28/h9-16,25H,3-8,17-20H2,1-2H3,(H,27,28)/t25-/m0/s1. The van der Waals surface area contributed by atoms with Crippen LogP contribution in [0.25, 0.3) is 0 Å². The van der Waals surface area contributed by atoms with Gasteiger partial charge in [-0.05, 0) is 48.4 Å². The van der Waals surface area contributed by atoms with E-state index in [0.717, 1.165) is 42.3 Å². The Bertz CT molecular complexity index is 757. The van der Waals surface area contributed by atoms with Crippen molar-refractivity contribution >= 4 is 5.97 Å². The van der Waals surface area contributed by atoms with Gasteiger partial charge in [-0.1, -0.05) is 44.7 Å². The molecule has 0 aliphatic carbocycles. The van der Waals surface area contributed by atoms with Gasteiger partial charge in [-0.3, -0.25) is 0 Å². The highest BCUT2D eigenvalue weighted by molar-refractivity contribution is 5.72. The van der Waals surface area contributed by atoms with Gasteiger partial charge in [0.1, 0.15) is 17.2 Å². The van der Waals surface area contributed by atoms with E-state index in [9.17, 15) is 4.79 Å². The van der Waals surface area contributed by atoms with Gasteiger partial charge in [-0.15, -0.1) is 0 Å². The molecule has 1 atom stereocenters. The summed E-state index contributed by atoms with van der Waals surface area (Å²) in [7, 11) is 1.40. The van der Waals surface area contributed by atoms with E-state index in [1.165, 1.54) is 32.8 Å². The molecule has 0 spiro atoms. The highest BCUT2D eigenvalue weighted by Crippen LogP contribution is 2.19. The molecule has 0 unspecified atom stereocenters. The maximum atomic E-state index is 11.0. The lowest BCUT2D eigenvalue weighted by molar-refractivity contribution is -0.148. The zero-order valence-corrected chi connectivity index (χ0v) is 19.3. The third-order valence-corrected chi connectivity index (χ3v) is 5.07. The quantitative estimate of drug-likeness (QED) is 0.324. The number of aliphatic carboxylic acids is 1. The van der Waals surface area contributed by atoms with Gasteiger partial charge in [0.15, 0.2) is 6.10 Å². The number of unbranched alkanes of at least 4 members (excludes halogenated alkanes) is 4. The summed E-state index contributed by atoms with van der Waals surface area (Å²) in [4.78, 5) is 11.0. The molecular formula is C26H36O6. The number of methoxy groups -OCH3 is 1. The van der Waals surface area contributed by atoms with Crippen molar-refractivity contribution in [3.05, 3.63) is 54.1 Å². The first-order valence-electron chi connectivity index (χ1n) is 11.5. The zero-order chi connectivity index (χ0) is 23.0. The van der Waals surface area contributed by atoms with Crippen molar-refractivity contribution in [2.45, 2.75) is 58.0 Å². The van der Waals surface area contributed by atoms with Gasteiger partial charge in [0.05, 0.1) is 19.8 Å². The average molecular weight is 445 g/mol. The third kappa shape index (κ3) is 10.1. The van der Waals surface area contributed by atoms with Crippen LogP contribution in [-0.4, -0.2) is 44.1 Å². The van der Waals surface area contributed by atoms with E-state index in [1.807, 2.05) is 48.5 Å². The molecule has 2 rings (SSSR count). The molecule has 32 heavy (non-hydrogen) atoms. The second-order valence-corrected chi connectivity index (χ2v) is 7.70. The fourth-order valence-corrected chi connectivity index (χ4v) is 3.17. The second-order valence-electron chi connectivity index (χ2n) is 7.70. The van der Waals surface area contributed by atoms with Gasteiger partial charge in [0.25, 0.3) is 0 Å². The lowest BCUT2D eigenvalue weighted by Gasteiger charge is -2.11. The normalized spacial score (nSPS) is 11.7. The Morgan fingerprint density at radius 3 is 1.69 bits per heavy atom. The van der Waals surface area contributed by atoms with Crippen LogP contribution in [0.2, 0.25) is 0 Å². The number of carbonyl (C=O) groups is 1. The molecule has 6 heteroatoms. The topological polar surface area (TPSA) is 74.2 Å². The minimum atomic E-state index is -0.965. The lowest BCUT2D eigenvalue weighted by Crippen LogP contribution is -2.24. The molecule has 0 heterocycles. The van der Waals surface area contributed by atoms with Crippen LogP contribution in [0.5, 0.6) is 17.2 Å². The van der Waals surface area contributed by atoms with Crippen LogP contribution in [0.15, 0.2) is 48.5 Å². The molecule has 0 aliphatic heterocycles. The van der Waals surface area contributed by atoms with Crippen molar-refractivity contribution < 1.29 is 28.8 Å². The van der Waals surface area contributed by atoms with Crippen LogP contribution < -0.4 is 14.2 Å².